The second-order valence-corrected chi connectivity index (χ2v) is 7.71. The Hall–Kier alpha value is -2.34. The van der Waals surface area contributed by atoms with Crippen molar-refractivity contribution in [1.82, 2.24) is 14.8 Å². The molecular formula is C20H23N3O3. The first-order valence-corrected chi connectivity index (χ1v) is 9.40. The third-order valence-corrected chi connectivity index (χ3v) is 6.20. The molecule has 3 aliphatic heterocycles. The molecule has 2 atom stereocenters. The maximum Gasteiger partial charge on any atom is 0.255 e. The number of piperazine rings is 1. The molecule has 0 bridgehead atoms. The fourth-order valence-corrected chi connectivity index (χ4v) is 4.86. The largest absolute Gasteiger partial charge is 0.376 e. The molecule has 1 aromatic carbocycles. The van der Waals surface area contributed by atoms with Crippen LogP contribution in [-0.4, -0.2) is 58.9 Å². The van der Waals surface area contributed by atoms with Crippen LogP contribution >= 0.6 is 0 Å². The number of ether oxygens (including phenoxy) is 1. The Kier molecular flexibility index (Phi) is 3.41. The highest BCUT2D eigenvalue weighted by atomic mass is 16.5. The van der Waals surface area contributed by atoms with Crippen LogP contribution in [0, 0.1) is 0 Å². The van der Waals surface area contributed by atoms with Gasteiger partial charge >= 0.3 is 0 Å². The third-order valence-electron chi connectivity index (χ3n) is 6.20. The summed E-state index contributed by atoms with van der Waals surface area (Å²) in [5.41, 5.74) is 2.11. The second kappa shape index (κ2) is 5.58. The molecule has 0 unspecified atom stereocenters. The highest BCUT2D eigenvalue weighted by Gasteiger charge is 2.54. The first kappa shape index (κ1) is 15.9. The average Bonchev–Trinajstić information content (AvgIpc) is 3.27. The van der Waals surface area contributed by atoms with E-state index in [1.807, 2.05) is 25.1 Å². The van der Waals surface area contributed by atoms with Crippen LogP contribution < -0.4 is 0 Å². The predicted octanol–water partition coefficient (Wildman–Crippen LogP) is 1.79. The van der Waals surface area contributed by atoms with E-state index in [0.717, 1.165) is 42.5 Å². The number of nitrogens with one attached hydrogen (secondary N) is 1. The number of rotatable bonds is 2. The fourth-order valence-electron chi connectivity index (χ4n) is 4.86. The zero-order valence-electron chi connectivity index (χ0n) is 15.0. The lowest BCUT2D eigenvalue weighted by Gasteiger charge is -2.49. The van der Waals surface area contributed by atoms with E-state index in [2.05, 4.69) is 11.1 Å². The Morgan fingerprint density at radius 1 is 1.31 bits per heavy atom. The molecular weight excluding hydrogens is 330 g/mol. The molecule has 0 aliphatic carbocycles. The van der Waals surface area contributed by atoms with Gasteiger partial charge in [-0.25, -0.2) is 0 Å². The summed E-state index contributed by atoms with van der Waals surface area (Å²) >= 11 is 0. The van der Waals surface area contributed by atoms with Crippen molar-refractivity contribution in [3.63, 3.8) is 0 Å². The van der Waals surface area contributed by atoms with E-state index in [1.165, 1.54) is 5.56 Å². The molecule has 1 aromatic heterocycles. The molecule has 0 saturated carbocycles. The highest BCUT2D eigenvalue weighted by molar-refractivity contribution is 6.00. The molecule has 4 heterocycles. The Morgan fingerprint density at radius 2 is 2.15 bits per heavy atom. The summed E-state index contributed by atoms with van der Waals surface area (Å²) in [5.74, 6) is 0.0227. The molecule has 1 N–H and O–H groups in total. The van der Waals surface area contributed by atoms with E-state index >= 15 is 0 Å². The van der Waals surface area contributed by atoms with Crippen molar-refractivity contribution in [2.75, 3.05) is 26.2 Å². The van der Waals surface area contributed by atoms with Gasteiger partial charge in [0, 0.05) is 30.6 Å². The Labute approximate surface area is 152 Å². The summed E-state index contributed by atoms with van der Waals surface area (Å²) in [6.07, 6.45) is 2.80. The molecule has 0 radical (unpaired) electrons. The zero-order chi connectivity index (χ0) is 17.9. The van der Waals surface area contributed by atoms with E-state index in [-0.39, 0.29) is 24.5 Å². The molecule has 2 fully saturated rings. The van der Waals surface area contributed by atoms with Gasteiger partial charge in [-0.1, -0.05) is 18.2 Å². The zero-order valence-corrected chi connectivity index (χ0v) is 15.0. The van der Waals surface area contributed by atoms with Crippen molar-refractivity contribution in [2.45, 2.75) is 37.8 Å². The predicted molar refractivity (Wildman–Crippen MR) is 96.6 cm³/mol. The van der Waals surface area contributed by atoms with Crippen LogP contribution in [0.25, 0.3) is 10.9 Å². The van der Waals surface area contributed by atoms with E-state index < -0.39 is 5.54 Å². The standard InChI is InChI=1S/C20H23N3O3/c1-20-18-15(14-6-2-3-7-16(14)21-18)8-9-23(20)17(24)12-22(19(20)25)11-13-5-4-10-26-13/h2-3,6-7,13,21H,4-5,8-12H2,1H3/t13-,20+/m0/s1. The average molecular weight is 353 g/mol. The first-order chi connectivity index (χ1) is 12.6. The number of aromatic nitrogens is 1. The monoisotopic (exact) mass is 353 g/mol. The normalized spacial score (nSPS) is 28.6. The molecule has 5 rings (SSSR count). The Morgan fingerprint density at radius 3 is 2.96 bits per heavy atom. The van der Waals surface area contributed by atoms with Gasteiger partial charge in [0.15, 0.2) is 5.54 Å². The quantitative estimate of drug-likeness (QED) is 0.895. The van der Waals surface area contributed by atoms with Gasteiger partial charge in [-0.2, -0.15) is 0 Å². The van der Waals surface area contributed by atoms with E-state index in [9.17, 15) is 9.59 Å². The number of benzene rings is 1. The minimum atomic E-state index is -0.958. The highest BCUT2D eigenvalue weighted by Crippen LogP contribution is 2.42. The molecule has 136 valence electrons. The number of nitrogens with zero attached hydrogens (tertiary/aromatic N) is 2. The molecule has 0 spiro atoms. The van der Waals surface area contributed by atoms with E-state index in [0.29, 0.717) is 13.1 Å². The van der Waals surface area contributed by atoms with Gasteiger partial charge in [-0.05, 0) is 37.8 Å². The fraction of sp³-hybridized carbons (Fsp3) is 0.500. The summed E-state index contributed by atoms with van der Waals surface area (Å²) in [4.78, 5) is 33.3. The molecule has 2 saturated heterocycles. The Balaban J connectivity index is 1.58. The van der Waals surface area contributed by atoms with E-state index in [4.69, 9.17) is 4.74 Å². The number of para-hydroxylation sites is 1. The van der Waals surface area contributed by atoms with E-state index in [1.54, 1.807) is 9.80 Å². The molecule has 2 amide bonds. The van der Waals surface area contributed by atoms with Gasteiger partial charge in [0.2, 0.25) is 5.91 Å². The summed E-state index contributed by atoms with van der Waals surface area (Å²) in [6, 6.07) is 8.12. The molecule has 26 heavy (non-hydrogen) atoms. The molecule has 2 aromatic rings. The third kappa shape index (κ3) is 2.08. The lowest BCUT2D eigenvalue weighted by molar-refractivity contribution is -0.167. The van der Waals surface area contributed by atoms with Crippen LogP contribution in [0.1, 0.15) is 31.0 Å². The minimum Gasteiger partial charge on any atom is -0.376 e. The summed E-state index contributed by atoms with van der Waals surface area (Å²) < 4.78 is 5.70. The SMILES string of the molecule is C[C@@]12C(=O)N(C[C@@H]3CCCO3)CC(=O)N1CCc1c2[nH]c2ccccc12. The second-order valence-electron chi connectivity index (χ2n) is 7.71. The summed E-state index contributed by atoms with van der Waals surface area (Å²) in [6.45, 7) is 3.88. The van der Waals surface area contributed by atoms with Gasteiger partial charge in [0.25, 0.3) is 5.91 Å². The van der Waals surface area contributed by atoms with Gasteiger partial charge in [0.1, 0.15) is 0 Å². The maximum absolute atomic E-state index is 13.5. The summed E-state index contributed by atoms with van der Waals surface area (Å²) in [7, 11) is 0. The summed E-state index contributed by atoms with van der Waals surface area (Å²) in [5, 5.41) is 1.15. The molecule has 6 nitrogen and oxygen atoms in total. The number of carbonyl (C=O) groups excluding carboxylic acids is 2. The van der Waals surface area contributed by atoms with Crippen molar-refractivity contribution in [3.8, 4) is 0 Å². The van der Waals surface area contributed by atoms with Crippen molar-refractivity contribution in [1.29, 1.82) is 0 Å². The van der Waals surface area contributed by atoms with Crippen molar-refractivity contribution in [3.05, 3.63) is 35.5 Å². The smallest absolute Gasteiger partial charge is 0.255 e. The lowest BCUT2D eigenvalue weighted by Crippen LogP contribution is -2.67. The van der Waals surface area contributed by atoms with Crippen LogP contribution in [-0.2, 0) is 26.3 Å². The van der Waals surface area contributed by atoms with Gasteiger partial charge in [-0.15, -0.1) is 0 Å². The van der Waals surface area contributed by atoms with Crippen molar-refractivity contribution < 1.29 is 14.3 Å². The van der Waals surface area contributed by atoms with Gasteiger partial charge < -0.3 is 19.5 Å². The number of hydrogen-bond donors (Lipinski definition) is 1. The van der Waals surface area contributed by atoms with Crippen LogP contribution in [0.3, 0.4) is 0 Å². The minimum absolute atomic E-state index is 0.0000983. The number of H-pyrrole nitrogens is 1. The van der Waals surface area contributed by atoms with Crippen molar-refractivity contribution >= 4 is 22.7 Å². The van der Waals surface area contributed by atoms with Gasteiger partial charge in [-0.3, -0.25) is 9.59 Å². The van der Waals surface area contributed by atoms with Crippen LogP contribution in [0.15, 0.2) is 24.3 Å². The number of aromatic amines is 1. The molecule has 6 heteroatoms. The maximum atomic E-state index is 13.5. The lowest BCUT2D eigenvalue weighted by atomic mass is 9.83. The number of hydrogen-bond acceptors (Lipinski definition) is 3. The Bertz CT molecular complexity index is 899. The van der Waals surface area contributed by atoms with Crippen molar-refractivity contribution in [2.24, 2.45) is 0 Å². The van der Waals surface area contributed by atoms with Crippen LogP contribution in [0.2, 0.25) is 0 Å². The van der Waals surface area contributed by atoms with Crippen LogP contribution in [0.4, 0.5) is 0 Å². The molecule has 3 aliphatic rings. The van der Waals surface area contributed by atoms with Crippen LogP contribution in [0.5, 0.6) is 0 Å². The number of amides is 2. The van der Waals surface area contributed by atoms with Gasteiger partial charge in [0.05, 0.1) is 18.3 Å². The topological polar surface area (TPSA) is 65.6 Å². The first-order valence-electron chi connectivity index (χ1n) is 9.40. The number of fused-ring (bicyclic) bond motifs is 5. The number of carbonyl (C=O) groups is 2.